The molecule has 1 aliphatic carbocycles. The van der Waals surface area contributed by atoms with Crippen molar-refractivity contribution >= 4 is 5.82 Å². The molecule has 5 heteroatoms. The molecule has 3 unspecified atom stereocenters. The second kappa shape index (κ2) is 5.39. The van der Waals surface area contributed by atoms with Crippen molar-refractivity contribution in [3.63, 3.8) is 0 Å². The highest BCUT2D eigenvalue weighted by Crippen LogP contribution is 2.32. The van der Waals surface area contributed by atoms with Crippen molar-refractivity contribution in [2.45, 2.75) is 45.3 Å². The lowest BCUT2D eigenvalue weighted by molar-refractivity contribution is -0.137. The van der Waals surface area contributed by atoms with Gasteiger partial charge in [-0.1, -0.05) is 13.8 Å². The molecule has 0 aliphatic heterocycles. The molecule has 19 heavy (non-hydrogen) atoms. The number of hydrogen-bond donors (Lipinski definition) is 1. The molecule has 106 valence electrons. The molecule has 0 amide bonds. The molecule has 0 radical (unpaired) electrons. The van der Waals surface area contributed by atoms with Gasteiger partial charge in [-0.15, -0.1) is 0 Å². The van der Waals surface area contributed by atoms with Crippen molar-refractivity contribution in [2.75, 3.05) is 5.32 Å². The molecule has 1 aliphatic rings. The van der Waals surface area contributed by atoms with Crippen LogP contribution < -0.4 is 5.32 Å². The molecule has 2 nitrogen and oxygen atoms in total. The summed E-state index contributed by atoms with van der Waals surface area (Å²) in [5.74, 6) is 1.48. The minimum atomic E-state index is -4.31. The number of nitrogens with zero attached hydrogens (tertiary/aromatic N) is 1. The largest absolute Gasteiger partial charge is 0.416 e. The van der Waals surface area contributed by atoms with Crippen molar-refractivity contribution in [3.8, 4) is 0 Å². The van der Waals surface area contributed by atoms with E-state index in [4.69, 9.17) is 0 Å². The fourth-order valence-electron chi connectivity index (χ4n) is 2.76. The average Bonchev–Trinajstić information content (AvgIpc) is 2.32. The molecular weight excluding hydrogens is 253 g/mol. The Labute approximate surface area is 111 Å². The van der Waals surface area contributed by atoms with Crippen molar-refractivity contribution in [2.24, 2.45) is 11.8 Å². The Morgan fingerprint density at radius 2 is 2.00 bits per heavy atom. The summed E-state index contributed by atoms with van der Waals surface area (Å²) >= 11 is 0. The number of aromatic nitrogens is 1. The zero-order valence-corrected chi connectivity index (χ0v) is 11.2. The standard InChI is InChI=1S/C14H19F3N2/c1-9-3-4-12(10(2)7-9)19-13-8-11(5-6-18-13)14(15,16)17/h5-6,8-10,12H,3-4,7H2,1-2H3,(H,18,19). The molecule has 3 atom stereocenters. The van der Waals surface area contributed by atoms with Gasteiger partial charge in [-0.2, -0.15) is 13.2 Å². The Bertz CT molecular complexity index is 431. The second-order valence-corrected chi connectivity index (χ2v) is 5.57. The van der Waals surface area contributed by atoms with Crippen molar-refractivity contribution in [3.05, 3.63) is 23.9 Å². The number of nitrogens with one attached hydrogen (secondary N) is 1. The first-order valence-corrected chi connectivity index (χ1v) is 6.66. The molecule has 1 fully saturated rings. The summed E-state index contributed by atoms with van der Waals surface area (Å²) in [6.45, 7) is 4.36. The third-order valence-electron chi connectivity index (χ3n) is 3.85. The number of alkyl halides is 3. The highest BCUT2D eigenvalue weighted by atomic mass is 19.4. The first kappa shape index (κ1) is 14.2. The van der Waals surface area contributed by atoms with E-state index in [0.29, 0.717) is 17.7 Å². The molecule has 1 saturated carbocycles. The van der Waals surface area contributed by atoms with E-state index in [1.165, 1.54) is 6.20 Å². The highest BCUT2D eigenvalue weighted by molar-refractivity contribution is 5.39. The van der Waals surface area contributed by atoms with E-state index < -0.39 is 11.7 Å². The molecule has 0 spiro atoms. The summed E-state index contributed by atoms with van der Waals surface area (Å²) in [6, 6.07) is 2.30. The van der Waals surface area contributed by atoms with Crippen LogP contribution in [-0.2, 0) is 6.18 Å². The van der Waals surface area contributed by atoms with Gasteiger partial charge in [0.25, 0.3) is 0 Å². The maximum Gasteiger partial charge on any atom is 0.416 e. The Morgan fingerprint density at radius 3 is 2.63 bits per heavy atom. The van der Waals surface area contributed by atoms with Gasteiger partial charge in [0.2, 0.25) is 0 Å². The summed E-state index contributed by atoms with van der Waals surface area (Å²) in [4.78, 5) is 3.99. The maximum absolute atomic E-state index is 12.6. The van der Waals surface area contributed by atoms with Gasteiger partial charge in [-0.05, 0) is 43.2 Å². The summed E-state index contributed by atoms with van der Waals surface area (Å²) < 4.78 is 37.9. The topological polar surface area (TPSA) is 24.9 Å². The van der Waals surface area contributed by atoms with Crippen LogP contribution in [0.3, 0.4) is 0 Å². The highest BCUT2D eigenvalue weighted by Gasteiger charge is 2.31. The molecule has 1 N–H and O–H groups in total. The lowest BCUT2D eigenvalue weighted by Crippen LogP contribution is -2.33. The zero-order chi connectivity index (χ0) is 14.0. The molecule has 0 aromatic carbocycles. The van der Waals surface area contributed by atoms with Crippen LogP contribution in [0.25, 0.3) is 0 Å². The van der Waals surface area contributed by atoms with Crippen LogP contribution in [0.2, 0.25) is 0 Å². The molecule has 1 aromatic heterocycles. The third-order valence-corrected chi connectivity index (χ3v) is 3.85. The van der Waals surface area contributed by atoms with Crippen molar-refractivity contribution in [1.82, 2.24) is 4.98 Å². The first-order valence-electron chi connectivity index (χ1n) is 6.66. The van der Waals surface area contributed by atoms with Crippen molar-refractivity contribution < 1.29 is 13.2 Å². The maximum atomic E-state index is 12.6. The fraction of sp³-hybridized carbons (Fsp3) is 0.643. The Kier molecular flexibility index (Phi) is 4.02. The molecule has 1 heterocycles. The van der Waals surface area contributed by atoms with Gasteiger partial charge in [-0.25, -0.2) is 4.98 Å². The smallest absolute Gasteiger partial charge is 0.367 e. The molecule has 0 saturated heterocycles. The van der Waals surface area contributed by atoms with Crippen LogP contribution in [-0.4, -0.2) is 11.0 Å². The second-order valence-electron chi connectivity index (χ2n) is 5.57. The van der Waals surface area contributed by atoms with Gasteiger partial charge in [0.05, 0.1) is 5.56 Å². The first-order chi connectivity index (χ1) is 8.86. The van der Waals surface area contributed by atoms with Gasteiger partial charge in [0.15, 0.2) is 0 Å². The van der Waals surface area contributed by atoms with Gasteiger partial charge in [0.1, 0.15) is 5.82 Å². The number of pyridine rings is 1. The van der Waals surface area contributed by atoms with E-state index in [1.54, 1.807) is 0 Å². The normalized spacial score (nSPS) is 28.2. The predicted molar refractivity (Wildman–Crippen MR) is 68.8 cm³/mol. The lowest BCUT2D eigenvalue weighted by Gasteiger charge is -2.33. The van der Waals surface area contributed by atoms with E-state index in [0.717, 1.165) is 31.4 Å². The van der Waals surface area contributed by atoms with E-state index in [9.17, 15) is 13.2 Å². The van der Waals surface area contributed by atoms with Crippen LogP contribution in [0.5, 0.6) is 0 Å². The number of rotatable bonds is 2. The molecular formula is C14H19F3N2. The van der Waals surface area contributed by atoms with E-state index in [2.05, 4.69) is 24.1 Å². The van der Waals surface area contributed by atoms with Crippen LogP contribution in [0.4, 0.5) is 19.0 Å². The van der Waals surface area contributed by atoms with Gasteiger partial charge >= 0.3 is 6.18 Å². The lowest BCUT2D eigenvalue weighted by atomic mass is 9.80. The summed E-state index contributed by atoms with van der Waals surface area (Å²) in [5, 5.41) is 3.15. The predicted octanol–water partition coefficient (Wildman–Crippen LogP) is 4.34. The minimum absolute atomic E-state index is 0.215. The molecule has 0 bridgehead atoms. The fourth-order valence-corrected chi connectivity index (χ4v) is 2.76. The monoisotopic (exact) mass is 272 g/mol. The molecule has 1 aromatic rings. The number of hydrogen-bond acceptors (Lipinski definition) is 2. The summed E-state index contributed by atoms with van der Waals surface area (Å²) in [5.41, 5.74) is -0.651. The van der Waals surface area contributed by atoms with E-state index >= 15 is 0 Å². The van der Waals surface area contributed by atoms with Crippen LogP contribution >= 0.6 is 0 Å². The van der Waals surface area contributed by atoms with E-state index in [-0.39, 0.29) is 6.04 Å². The summed E-state index contributed by atoms with van der Waals surface area (Å²) in [6.07, 6.45) is 0.102. The number of halogens is 3. The Morgan fingerprint density at radius 1 is 1.26 bits per heavy atom. The van der Waals surface area contributed by atoms with Gasteiger partial charge in [-0.3, -0.25) is 0 Å². The SMILES string of the molecule is CC1CCC(Nc2cc(C(F)(F)F)ccn2)C(C)C1. The summed E-state index contributed by atoms with van der Waals surface area (Å²) in [7, 11) is 0. The quantitative estimate of drug-likeness (QED) is 0.866. The van der Waals surface area contributed by atoms with Crippen LogP contribution in [0, 0.1) is 11.8 Å². The van der Waals surface area contributed by atoms with Crippen molar-refractivity contribution in [1.29, 1.82) is 0 Å². The van der Waals surface area contributed by atoms with Crippen LogP contribution in [0.15, 0.2) is 18.3 Å². The Balaban J connectivity index is 2.07. The number of anilines is 1. The van der Waals surface area contributed by atoms with Crippen LogP contribution in [0.1, 0.15) is 38.7 Å². The van der Waals surface area contributed by atoms with E-state index in [1.807, 2.05) is 0 Å². The Hall–Kier alpha value is -1.26. The van der Waals surface area contributed by atoms with Gasteiger partial charge < -0.3 is 5.32 Å². The minimum Gasteiger partial charge on any atom is -0.367 e. The average molecular weight is 272 g/mol. The van der Waals surface area contributed by atoms with Gasteiger partial charge in [0, 0.05) is 12.2 Å². The third kappa shape index (κ3) is 3.61. The molecule has 2 rings (SSSR count). The zero-order valence-electron chi connectivity index (χ0n) is 11.2.